The Morgan fingerprint density at radius 3 is 2.33 bits per heavy atom. The van der Waals surface area contributed by atoms with Crippen molar-refractivity contribution in [3.8, 4) is 5.75 Å². The number of piperazine rings is 1. The number of hydrogen-bond donors (Lipinski definition) is 1. The summed E-state index contributed by atoms with van der Waals surface area (Å²) in [5, 5.41) is 3.15. The highest BCUT2D eigenvalue weighted by Crippen LogP contribution is 2.32. The second-order valence-electron chi connectivity index (χ2n) is 9.18. The summed E-state index contributed by atoms with van der Waals surface area (Å²) in [6.07, 6.45) is 6.67. The molecule has 2 fully saturated rings. The first-order valence-corrected chi connectivity index (χ1v) is 13.7. The number of hydrogen-bond acceptors (Lipinski definition) is 5. The van der Waals surface area contributed by atoms with Crippen molar-refractivity contribution in [2.24, 2.45) is 0 Å². The zero-order valence-corrected chi connectivity index (χ0v) is 20.8. The van der Waals surface area contributed by atoms with E-state index in [9.17, 15) is 18.0 Å². The summed E-state index contributed by atoms with van der Waals surface area (Å²) in [7, 11) is -3.64. The molecule has 184 valence electrons. The van der Waals surface area contributed by atoms with E-state index in [1.807, 2.05) is 6.92 Å². The Labute approximate surface area is 197 Å². The molecular formula is C24H37N3O5S. The summed E-state index contributed by atoms with van der Waals surface area (Å²) >= 11 is 0. The number of sulfonamides is 1. The van der Waals surface area contributed by atoms with Gasteiger partial charge in [-0.1, -0.05) is 32.6 Å². The van der Waals surface area contributed by atoms with E-state index in [0.29, 0.717) is 24.5 Å². The van der Waals surface area contributed by atoms with Gasteiger partial charge in [-0.2, -0.15) is 4.31 Å². The van der Waals surface area contributed by atoms with E-state index in [4.69, 9.17) is 4.74 Å². The van der Waals surface area contributed by atoms with Crippen molar-refractivity contribution in [3.05, 3.63) is 24.3 Å². The average Bonchev–Trinajstić information content (AvgIpc) is 3.03. The van der Waals surface area contributed by atoms with Gasteiger partial charge < -0.3 is 10.1 Å². The van der Waals surface area contributed by atoms with Gasteiger partial charge in [0.2, 0.25) is 21.8 Å². The van der Waals surface area contributed by atoms with Crippen molar-refractivity contribution < 1.29 is 22.7 Å². The van der Waals surface area contributed by atoms with Crippen LogP contribution >= 0.6 is 0 Å². The monoisotopic (exact) mass is 479 g/mol. The molecule has 0 unspecified atom stereocenters. The second-order valence-corrected chi connectivity index (χ2v) is 11.3. The normalized spacial score (nSPS) is 23.2. The summed E-state index contributed by atoms with van der Waals surface area (Å²) in [4.78, 5) is 28.5. The largest absolute Gasteiger partial charge is 0.494 e. The van der Waals surface area contributed by atoms with E-state index < -0.39 is 21.5 Å². The van der Waals surface area contributed by atoms with Crippen molar-refractivity contribution in [1.82, 2.24) is 9.62 Å². The van der Waals surface area contributed by atoms with Gasteiger partial charge in [-0.05, 0) is 57.4 Å². The topological polar surface area (TPSA) is 96.0 Å². The quantitative estimate of drug-likeness (QED) is 0.578. The molecule has 33 heavy (non-hydrogen) atoms. The number of carbonyl (C=O) groups is 2. The van der Waals surface area contributed by atoms with Crippen LogP contribution in [0.4, 0.5) is 5.69 Å². The summed E-state index contributed by atoms with van der Waals surface area (Å²) < 4.78 is 32.4. The van der Waals surface area contributed by atoms with Gasteiger partial charge in [0.1, 0.15) is 11.3 Å². The molecule has 3 rings (SSSR count). The molecule has 0 bridgehead atoms. The fourth-order valence-electron chi connectivity index (χ4n) is 4.78. The van der Waals surface area contributed by atoms with Gasteiger partial charge in [-0.15, -0.1) is 0 Å². The Morgan fingerprint density at radius 2 is 1.76 bits per heavy atom. The fourth-order valence-corrected chi connectivity index (χ4v) is 6.30. The van der Waals surface area contributed by atoms with Gasteiger partial charge >= 0.3 is 0 Å². The first-order valence-electron chi connectivity index (χ1n) is 12.1. The molecule has 1 saturated heterocycles. The second kappa shape index (κ2) is 10.9. The minimum atomic E-state index is -3.64. The van der Waals surface area contributed by atoms with Crippen LogP contribution in [0.25, 0.3) is 0 Å². The van der Waals surface area contributed by atoms with E-state index >= 15 is 0 Å². The first-order chi connectivity index (χ1) is 15.7. The Bertz CT molecular complexity index is 926. The molecule has 9 heteroatoms. The van der Waals surface area contributed by atoms with Gasteiger partial charge in [0, 0.05) is 18.3 Å². The van der Waals surface area contributed by atoms with Crippen LogP contribution in [-0.2, 0) is 19.6 Å². The van der Waals surface area contributed by atoms with E-state index in [-0.39, 0.29) is 30.8 Å². The molecule has 1 aromatic carbocycles. The summed E-state index contributed by atoms with van der Waals surface area (Å²) in [6, 6.07) is 7.05. The maximum atomic E-state index is 13.7. The Kier molecular flexibility index (Phi) is 8.39. The molecule has 8 nitrogen and oxygen atoms in total. The highest BCUT2D eigenvalue weighted by molar-refractivity contribution is 7.89. The Balaban J connectivity index is 1.95. The molecule has 1 aliphatic heterocycles. The lowest BCUT2D eigenvalue weighted by atomic mass is 9.93. The van der Waals surface area contributed by atoms with Crippen LogP contribution in [0.1, 0.15) is 65.7 Å². The number of anilines is 1. The number of benzene rings is 1. The zero-order chi connectivity index (χ0) is 24.1. The molecule has 1 aromatic rings. The summed E-state index contributed by atoms with van der Waals surface area (Å²) in [5.41, 5.74) is -0.815. The van der Waals surface area contributed by atoms with Crippen molar-refractivity contribution >= 4 is 27.5 Å². The lowest BCUT2D eigenvalue weighted by Gasteiger charge is -2.47. The molecule has 1 atom stereocenters. The third kappa shape index (κ3) is 5.87. The molecule has 0 radical (unpaired) electrons. The molecule has 1 saturated carbocycles. The number of amides is 2. The van der Waals surface area contributed by atoms with Gasteiger partial charge in [-0.3, -0.25) is 14.5 Å². The minimum Gasteiger partial charge on any atom is -0.494 e. The van der Waals surface area contributed by atoms with Crippen molar-refractivity contribution in [1.29, 1.82) is 0 Å². The molecule has 1 heterocycles. The first kappa shape index (κ1) is 25.5. The highest BCUT2D eigenvalue weighted by atomic mass is 32.2. The minimum absolute atomic E-state index is 0.0386. The highest BCUT2D eigenvalue weighted by Gasteiger charge is 2.51. The third-order valence-corrected chi connectivity index (χ3v) is 8.45. The van der Waals surface area contributed by atoms with Crippen LogP contribution in [-0.4, -0.2) is 61.6 Å². The number of nitrogens with one attached hydrogen (secondary N) is 1. The van der Waals surface area contributed by atoms with Crippen molar-refractivity contribution in [2.75, 3.05) is 30.3 Å². The van der Waals surface area contributed by atoms with E-state index in [1.165, 1.54) is 9.21 Å². The number of nitrogens with zero attached hydrogens (tertiary/aromatic N) is 2. The molecule has 0 spiro atoms. The van der Waals surface area contributed by atoms with Gasteiger partial charge in [-0.25, -0.2) is 8.42 Å². The lowest BCUT2D eigenvalue weighted by molar-refractivity contribution is -0.133. The fraction of sp³-hybridized carbons (Fsp3) is 0.667. The van der Waals surface area contributed by atoms with Crippen LogP contribution in [0.2, 0.25) is 0 Å². The molecule has 1 N–H and O–H groups in total. The third-order valence-electron chi connectivity index (χ3n) is 6.48. The van der Waals surface area contributed by atoms with Crippen molar-refractivity contribution in [2.45, 2.75) is 77.3 Å². The Hall–Kier alpha value is -2.13. The summed E-state index contributed by atoms with van der Waals surface area (Å²) in [5.74, 6) is -0.108. The maximum absolute atomic E-state index is 13.7. The Morgan fingerprint density at radius 1 is 1.12 bits per heavy atom. The predicted molar refractivity (Wildman–Crippen MR) is 129 cm³/mol. The van der Waals surface area contributed by atoms with E-state index in [0.717, 1.165) is 38.5 Å². The number of carbonyl (C=O) groups excluding carboxylic acids is 2. The maximum Gasteiger partial charge on any atom is 0.247 e. The van der Waals surface area contributed by atoms with Crippen LogP contribution < -0.4 is 15.0 Å². The van der Waals surface area contributed by atoms with Gasteiger partial charge in [0.05, 0.1) is 18.9 Å². The number of ether oxygens (including phenoxy) is 1. The van der Waals surface area contributed by atoms with Crippen LogP contribution in [0.5, 0.6) is 5.75 Å². The zero-order valence-electron chi connectivity index (χ0n) is 20.0. The van der Waals surface area contributed by atoms with Gasteiger partial charge in [0.15, 0.2) is 0 Å². The van der Waals surface area contributed by atoms with Crippen LogP contribution in [0.15, 0.2) is 24.3 Å². The van der Waals surface area contributed by atoms with Crippen molar-refractivity contribution in [3.63, 3.8) is 0 Å². The van der Waals surface area contributed by atoms with E-state index in [1.54, 1.807) is 38.1 Å². The SMILES string of the molecule is CCCS(=O)(=O)N1CC(=O)N(c2ccc(OCC)cc2)[C@](C)(C(=O)NC2CCCCCC2)C1. The van der Waals surface area contributed by atoms with Crippen LogP contribution in [0, 0.1) is 0 Å². The predicted octanol–water partition coefficient (Wildman–Crippen LogP) is 3.07. The van der Waals surface area contributed by atoms with Crippen LogP contribution in [0.3, 0.4) is 0 Å². The molecule has 1 aliphatic carbocycles. The van der Waals surface area contributed by atoms with Gasteiger partial charge in [0.25, 0.3) is 0 Å². The molecular weight excluding hydrogens is 442 g/mol. The standard InChI is InChI=1S/C24H37N3O5S/c1-4-16-33(30,31)26-17-22(28)27(20-12-14-21(15-13-20)32-5-2)24(3,18-26)23(29)25-19-10-8-6-7-9-11-19/h12-15,19H,4-11,16-18H2,1-3H3,(H,25,29)/t24-/m0/s1. The lowest BCUT2D eigenvalue weighted by Crippen LogP contribution is -2.71. The molecule has 2 amide bonds. The number of rotatable bonds is 8. The summed E-state index contributed by atoms with van der Waals surface area (Å²) in [6.45, 7) is 5.51. The van der Waals surface area contributed by atoms with E-state index in [2.05, 4.69) is 5.32 Å². The smallest absolute Gasteiger partial charge is 0.247 e. The molecule has 0 aromatic heterocycles. The molecule has 2 aliphatic rings. The average molecular weight is 480 g/mol.